The number of hydrogen-bond donors (Lipinski definition) is 3. The lowest BCUT2D eigenvalue weighted by Crippen LogP contribution is -2.43. The van der Waals surface area contributed by atoms with Crippen LogP contribution >= 0.6 is 15.9 Å². The zero-order chi connectivity index (χ0) is 10.3. The molecule has 0 saturated heterocycles. The summed E-state index contributed by atoms with van der Waals surface area (Å²) in [6, 6.07) is 3.47. The third kappa shape index (κ3) is 1.29. The average molecular weight is 258 g/mol. The summed E-state index contributed by atoms with van der Waals surface area (Å²) in [6.45, 7) is 0. The van der Waals surface area contributed by atoms with Crippen molar-refractivity contribution < 1.29 is 10.2 Å². The predicted molar refractivity (Wildman–Crippen MR) is 57.2 cm³/mol. The Balaban J connectivity index is 2.49. The van der Waals surface area contributed by atoms with Crippen LogP contribution in [0, 0.1) is 0 Å². The number of phenols is 2. The first-order valence-electron chi connectivity index (χ1n) is 4.54. The van der Waals surface area contributed by atoms with Gasteiger partial charge in [-0.15, -0.1) is 0 Å². The molecule has 4 N–H and O–H groups in total. The second-order valence-electron chi connectivity index (χ2n) is 3.80. The van der Waals surface area contributed by atoms with Gasteiger partial charge in [-0.25, -0.2) is 0 Å². The highest BCUT2D eigenvalue weighted by Crippen LogP contribution is 2.47. The van der Waals surface area contributed by atoms with Crippen molar-refractivity contribution in [3.05, 3.63) is 22.2 Å². The van der Waals surface area contributed by atoms with Crippen molar-refractivity contribution >= 4 is 15.9 Å². The van der Waals surface area contributed by atoms with E-state index in [-0.39, 0.29) is 11.5 Å². The Hall–Kier alpha value is -0.740. The predicted octanol–water partition coefficient (Wildman–Crippen LogP) is 2.20. The van der Waals surface area contributed by atoms with Crippen molar-refractivity contribution in [2.45, 2.75) is 24.8 Å². The van der Waals surface area contributed by atoms with Crippen molar-refractivity contribution in [3.63, 3.8) is 0 Å². The van der Waals surface area contributed by atoms with Gasteiger partial charge in [0.2, 0.25) is 0 Å². The summed E-state index contributed by atoms with van der Waals surface area (Å²) in [6.07, 6.45) is 2.80. The molecule has 0 atom stereocenters. The van der Waals surface area contributed by atoms with Crippen molar-refractivity contribution in [1.29, 1.82) is 0 Å². The molecule has 3 nitrogen and oxygen atoms in total. The summed E-state index contributed by atoms with van der Waals surface area (Å²) in [5.41, 5.74) is 6.26. The molecule has 2 rings (SSSR count). The molecule has 0 aromatic heterocycles. The molecule has 1 aliphatic rings. The van der Waals surface area contributed by atoms with Gasteiger partial charge in [-0.2, -0.15) is 0 Å². The van der Waals surface area contributed by atoms with Crippen LogP contribution in [0.2, 0.25) is 0 Å². The molecular formula is C10H12BrNO2. The maximum atomic E-state index is 9.72. The standard InChI is InChI=1S/C10H12BrNO2/c11-7-3-2-6(8(13)9(7)14)10(12)4-1-5-10/h2-3,13-14H,1,4-5,12H2. The van der Waals surface area contributed by atoms with E-state index in [1.54, 1.807) is 12.1 Å². The highest BCUT2D eigenvalue weighted by molar-refractivity contribution is 9.10. The second kappa shape index (κ2) is 3.14. The van der Waals surface area contributed by atoms with E-state index in [0.717, 1.165) is 19.3 Å². The Morgan fingerprint density at radius 3 is 2.36 bits per heavy atom. The van der Waals surface area contributed by atoms with E-state index < -0.39 is 5.54 Å². The minimum absolute atomic E-state index is 0.0958. The van der Waals surface area contributed by atoms with Crippen LogP contribution in [0.1, 0.15) is 24.8 Å². The number of halogens is 1. The van der Waals surface area contributed by atoms with Gasteiger partial charge in [0, 0.05) is 11.1 Å². The van der Waals surface area contributed by atoms with Gasteiger partial charge in [0.05, 0.1) is 4.47 Å². The fraction of sp³-hybridized carbons (Fsp3) is 0.400. The number of hydrogen-bond acceptors (Lipinski definition) is 3. The fourth-order valence-electron chi connectivity index (χ4n) is 1.78. The molecule has 0 bridgehead atoms. The van der Waals surface area contributed by atoms with Gasteiger partial charge in [-0.1, -0.05) is 6.07 Å². The molecule has 1 aromatic rings. The quantitative estimate of drug-likeness (QED) is 0.676. The molecule has 1 saturated carbocycles. The van der Waals surface area contributed by atoms with Gasteiger partial charge < -0.3 is 15.9 Å². The molecule has 1 fully saturated rings. The second-order valence-corrected chi connectivity index (χ2v) is 4.66. The minimum Gasteiger partial charge on any atom is -0.504 e. The average Bonchev–Trinajstić information content (AvgIpc) is 2.11. The first kappa shape index (κ1) is 9.80. The fourth-order valence-corrected chi connectivity index (χ4v) is 2.10. The smallest absolute Gasteiger partial charge is 0.172 e. The van der Waals surface area contributed by atoms with Gasteiger partial charge in [0.1, 0.15) is 0 Å². The van der Waals surface area contributed by atoms with E-state index in [9.17, 15) is 10.2 Å². The third-order valence-electron chi connectivity index (χ3n) is 2.88. The molecule has 0 heterocycles. The van der Waals surface area contributed by atoms with Crippen molar-refractivity contribution in [3.8, 4) is 11.5 Å². The molecule has 4 heteroatoms. The van der Waals surface area contributed by atoms with Gasteiger partial charge in [0.15, 0.2) is 11.5 Å². The summed E-state index contributed by atoms with van der Waals surface area (Å²) >= 11 is 3.14. The molecule has 1 aliphatic carbocycles. The summed E-state index contributed by atoms with van der Waals surface area (Å²) in [5.74, 6) is -0.221. The normalized spacial score (nSPS) is 19.0. The number of aromatic hydroxyl groups is 2. The molecule has 0 radical (unpaired) electrons. The monoisotopic (exact) mass is 257 g/mol. The van der Waals surface area contributed by atoms with Crippen LogP contribution in [0.25, 0.3) is 0 Å². The summed E-state index contributed by atoms with van der Waals surface area (Å²) in [5, 5.41) is 19.2. The molecule has 0 amide bonds. The third-order valence-corrected chi connectivity index (χ3v) is 3.52. The lowest BCUT2D eigenvalue weighted by molar-refractivity contribution is 0.243. The minimum atomic E-state index is -0.442. The van der Waals surface area contributed by atoms with E-state index >= 15 is 0 Å². The highest BCUT2D eigenvalue weighted by Gasteiger charge is 2.37. The van der Waals surface area contributed by atoms with E-state index in [4.69, 9.17) is 5.73 Å². The van der Waals surface area contributed by atoms with Crippen LogP contribution in [0.15, 0.2) is 16.6 Å². The van der Waals surface area contributed by atoms with Crippen LogP contribution in [0.3, 0.4) is 0 Å². The Bertz CT molecular complexity index is 375. The first-order chi connectivity index (χ1) is 6.54. The lowest BCUT2D eigenvalue weighted by Gasteiger charge is -2.39. The molecule has 14 heavy (non-hydrogen) atoms. The van der Waals surface area contributed by atoms with E-state index in [1.807, 2.05) is 0 Å². The lowest BCUT2D eigenvalue weighted by atomic mass is 9.72. The Labute approximate surface area is 90.7 Å². The van der Waals surface area contributed by atoms with Gasteiger partial charge in [-0.05, 0) is 41.3 Å². The molecule has 0 aliphatic heterocycles. The Morgan fingerprint density at radius 1 is 1.21 bits per heavy atom. The summed E-state index contributed by atoms with van der Waals surface area (Å²) in [4.78, 5) is 0. The van der Waals surface area contributed by atoms with E-state index in [2.05, 4.69) is 15.9 Å². The Morgan fingerprint density at radius 2 is 1.86 bits per heavy atom. The summed E-state index contributed by atoms with van der Waals surface area (Å²) in [7, 11) is 0. The number of benzene rings is 1. The van der Waals surface area contributed by atoms with Crippen LogP contribution < -0.4 is 5.73 Å². The number of phenolic OH excluding ortho intramolecular Hbond substituents is 2. The maximum Gasteiger partial charge on any atom is 0.172 e. The Kier molecular flexibility index (Phi) is 2.20. The molecule has 0 spiro atoms. The molecular weight excluding hydrogens is 246 g/mol. The van der Waals surface area contributed by atoms with Gasteiger partial charge in [0.25, 0.3) is 0 Å². The topological polar surface area (TPSA) is 66.5 Å². The molecule has 1 aromatic carbocycles. The maximum absolute atomic E-state index is 9.72. The number of nitrogens with two attached hydrogens (primary N) is 1. The van der Waals surface area contributed by atoms with E-state index in [1.165, 1.54) is 0 Å². The zero-order valence-electron chi connectivity index (χ0n) is 7.63. The van der Waals surface area contributed by atoms with Crippen LogP contribution in [0.5, 0.6) is 11.5 Å². The van der Waals surface area contributed by atoms with Crippen molar-refractivity contribution in [2.75, 3.05) is 0 Å². The van der Waals surface area contributed by atoms with Crippen LogP contribution in [0.4, 0.5) is 0 Å². The SMILES string of the molecule is NC1(c2ccc(Br)c(O)c2O)CCC1. The molecule has 0 unspecified atom stereocenters. The number of rotatable bonds is 1. The van der Waals surface area contributed by atoms with Crippen LogP contribution in [-0.4, -0.2) is 10.2 Å². The van der Waals surface area contributed by atoms with E-state index in [0.29, 0.717) is 10.0 Å². The zero-order valence-corrected chi connectivity index (χ0v) is 9.21. The summed E-state index contributed by atoms with van der Waals surface area (Å²) < 4.78 is 0.488. The van der Waals surface area contributed by atoms with Crippen molar-refractivity contribution in [1.82, 2.24) is 0 Å². The van der Waals surface area contributed by atoms with Crippen LogP contribution in [-0.2, 0) is 5.54 Å². The van der Waals surface area contributed by atoms with Gasteiger partial charge in [-0.3, -0.25) is 0 Å². The largest absolute Gasteiger partial charge is 0.504 e. The highest BCUT2D eigenvalue weighted by atomic mass is 79.9. The van der Waals surface area contributed by atoms with Crippen molar-refractivity contribution in [2.24, 2.45) is 5.73 Å². The first-order valence-corrected chi connectivity index (χ1v) is 5.34. The van der Waals surface area contributed by atoms with Gasteiger partial charge >= 0.3 is 0 Å². The molecule has 76 valence electrons.